The molecule has 0 bridgehead atoms. The Morgan fingerprint density at radius 3 is 2.45 bits per heavy atom. The van der Waals surface area contributed by atoms with Gasteiger partial charge in [0.1, 0.15) is 11.4 Å². The second-order valence-electron chi connectivity index (χ2n) is 4.08. The van der Waals surface area contributed by atoms with Crippen LogP contribution in [-0.2, 0) is 11.3 Å². The van der Waals surface area contributed by atoms with E-state index in [1.165, 1.54) is 23.9 Å². The van der Waals surface area contributed by atoms with E-state index in [4.69, 9.17) is 9.84 Å². The summed E-state index contributed by atoms with van der Waals surface area (Å²) in [6.45, 7) is -0.0740. The Kier molecular flexibility index (Phi) is 4.31. The molecule has 1 N–H and O–H groups in total. The third kappa shape index (κ3) is 3.52. The number of hydrogen-bond acceptors (Lipinski definition) is 5. The fraction of sp³-hybridized carbons (Fsp3) is 0.250. The molecule has 2 aromatic rings. The first-order valence-electron chi connectivity index (χ1n) is 5.85. The number of carboxylic acid groups (broad SMARTS) is 1. The zero-order valence-electron chi connectivity index (χ0n) is 11.2. The SMILES string of the molecule is COCc1c(C(=O)O)nnn1-c1ccc(OC(F)(F)F)cc1. The van der Waals surface area contributed by atoms with Crippen LogP contribution in [0.2, 0.25) is 0 Å². The van der Waals surface area contributed by atoms with Gasteiger partial charge in [0.25, 0.3) is 0 Å². The minimum atomic E-state index is -4.79. The highest BCUT2D eigenvalue weighted by atomic mass is 19.4. The van der Waals surface area contributed by atoms with Gasteiger partial charge in [0.05, 0.1) is 12.3 Å². The largest absolute Gasteiger partial charge is 0.573 e. The van der Waals surface area contributed by atoms with Gasteiger partial charge in [-0.2, -0.15) is 0 Å². The maximum Gasteiger partial charge on any atom is 0.573 e. The zero-order valence-corrected chi connectivity index (χ0v) is 11.2. The number of nitrogens with zero attached hydrogens (tertiary/aromatic N) is 3. The second-order valence-corrected chi connectivity index (χ2v) is 4.08. The molecule has 1 aromatic carbocycles. The molecule has 0 saturated carbocycles. The molecule has 22 heavy (non-hydrogen) atoms. The van der Waals surface area contributed by atoms with Crippen LogP contribution in [0.5, 0.6) is 5.75 Å². The number of halogens is 3. The Morgan fingerprint density at radius 1 is 1.32 bits per heavy atom. The summed E-state index contributed by atoms with van der Waals surface area (Å²) in [6.07, 6.45) is -4.79. The fourth-order valence-corrected chi connectivity index (χ4v) is 1.73. The molecule has 0 saturated heterocycles. The molecule has 1 aromatic heterocycles. The van der Waals surface area contributed by atoms with Gasteiger partial charge in [0.15, 0.2) is 5.69 Å². The van der Waals surface area contributed by atoms with Crippen molar-refractivity contribution in [2.24, 2.45) is 0 Å². The van der Waals surface area contributed by atoms with Crippen LogP contribution in [0.1, 0.15) is 16.2 Å². The predicted molar refractivity (Wildman–Crippen MR) is 65.7 cm³/mol. The van der Waals surface area contributed by atoms with Crippen molar-refractivity contribution in [3.8, 4) is 11.4 Å². The normalized spacial score (nSPS) is 11.5. The van der Waals surface area contributed by atoms with Crippen molar-refractivity contribution >= 4 is 5.97 Å². The lowest BCUT2D eigenvalue weighted by molar-refractivity contribution is -0.274. The Balaban J connectivity index is 2.34. The van der Waals surface area contributed by atoms with Gasteiger partial charge >= 0.3 is 12.3 Å². The minimum absolute atomic E-state index is 0.0740. The van der Waals surface area contributed by atoms with Gasteiger partial charge in [-0.3, -0.25) is 0 Å². The number of rotatable bonds is 5. The number of carbonyl (C=O) groups is 1. The van der Waals surface area contributed by atoms with E-state index in [0.29, 0.717) is 5.69 Å². The fourth-order valence-electron chi connectivity index (χ4n) is 1.73. The summed E-state index contributed by atoms with van der Waals surface area (Å²) < 4.78 is 46.1. The first-order valence-corrected chi connectivity index (χ1v) is 5.85. The molecule has 0 radical (unpaired) electrons. The lowest BCUT2D eigenvalue weighted by atomic mass is 10.2. The molecule has 2 rings (SSSR count). The standard InChI is InChI=1S/C12H10F3N3O4/c1-21-6-9-10(11(19)20)16-17-18(9)7-2-4-8(5-3-7)22-12(13,14)15/h2-5H,6H2,1H3,(H,19,20). The molecule has 118 valence electrons. The predicted octanol–water partition coefficient (Wildman–Crippen LogP) is 2.01. The molecule has 10 heteroatoms. The van der Waals surface area contributed by atoms with Crippen molar-refractivity contribution in [1.29, 1.82) is 0 Å². The number of aromatic carboxylic acids is 1. The Morgan fingerprint density at radius 2 is 1.95 bits per heavy atom. The van der Waals surface area contributed by atoms with Crippen LogP contribution < -0.4 is 4.74 Å². The van der Waals surface area contributed by atoms with Crippen LogP contribution in [0, 0.1) is 0 Å². The number of ether oxygens (including phenoxy) is 2. The summed E-state index contributed by atoms with van der Waals surface area (Å²) in [5.41, 5.74) is 0.193. The number of aromatic nitrogens is 3. The molecule has 0 unspecified atom stereocenters. The number of benzene rings is 1. The van der Waals surface area contributed by atoms with E-state index in [9.17, 15) is 18.0 Å². The summed E-state index contributed by atoms with van der Waals surface area (Å²) in [5.74, 6) is -1.68. The van der Waals surface area contributed by atoms with E-state index in [0.717, 1.165) is 12.1 Å². The quantitative estimate of drug-likeness (QED) is 0.908. The van der Waals surface area contributed by atoms with Gasteiger partial charge in [0.2, 0.25) is 0 Å². The first kappa shape index (κ1) is 15.8. The molecule has 0 amide bonds. The molecule has 0 aliphatic heterocycles. The van der Waals surface area contributed by atoms with E-state index in [1.54, 1.807) is 0 Å². The number of carboxylic acids is 1. The highest BCUT2D eigenvalue weighted by molar-refractivity contribution is 5.86. The number of methoxy groups -OCH3 is 1. The Hall–Kier alpha value is -2.62. The van der Waals surface area contributed by atoms with Crippen molar-refractivity contribution in [2.75, 3.05) is 7.11 Å². The number of hydrogen-bond donors (Lipinski definition) is 1. The minimum Gasteiger partial charge on any atom is -0.476 e. The topological polar surface area (TPSA) is 86.5 Å². The van der Waals surface area contributed by atoms with Gasteiger partial charge < -0.3 is 14.6 Å². The summed E-state index contributed by atoms with van der Waals surface area (Å²) in [7, 11) is 1.36. The lowest BCUT2D eigenvalue weighted by Crippen LogP contribution is -2.17. The Labute approximate surface area is 121 Å². The molecule has 0 atom stereocenters. The van der Waals surface area contributed by atoms with Crippen LogP contribution >= 0.6 is 0 Å². The molecule has 7 nitrogen and oxygen atoms in total. The van der Waals surface area contributed by atoms with Crippen molar-refractivity contribution < 1.29 is 32.5 Å². The third-order valence-electron chi connectivity index (χ3n) is 2.56. The first-order chi connectivity index (χ1) is 10.3. The van der Waals surface area contributed by atoms with Crippen LogP contribution in [0.4, 0.5) is 13.2 Å². The smallest absolute Gasteiger partial charge is 0.476 e. The highest BCUT2D eigenvalue weighted by Crippen LogP contribution is 2.24. The summed E-state index contributed by atoms with van der Waals surface area (Å²) in [6, 6.07) is 4.75. The molecule has 1 heterocycles. The molecule has 0 aliphatic rings. The van der Waals surface area contributed by atoms with Gasteiger partial charge in [-0.05, 0) is 24.3 Å². The summed E-state index contributed by atoms with van der Waals surface area (Å²) >= 11 is 0. The van der Waals surface area contributed by atoms with Crippen molar-refractivity contribution in [3.63, 3.8) is 0 Å². The molecule has 0 aliphatic carbocycles. The zero-order chi connectivity index (χ0) is 16.3. The average Bonchev–Trinajstić information content (AvgIpc) is 2.82. The van der Waals surface area contributed by atoms with Crippen molar-refractivity contribution in [3.05, 3.63) is 35.7 Å². The number of alkyl halides is 3. The molecular weight excluding hydrogens is 307 g/mol. The van der Waals surface area contributed by atoms with E-state index in [-0.39, 0.29) is 18.0 Å². The lowest BCUT2D eigenvalue weighted by Gasteiger charge is -2.10. The van der Waals surface area contributed by atoms with Gasteiger partial charge in [-0.15, -0.1) is 18.3 Å². The molecule has 0 fully saturated rings. The van der Waals surface area contributed by atoms with E-state index in [1.807, 2.05) is 0 Å². The van der Waals surface area contributed by atoms with Crippen LogP contribution in [0.3, 0.4) is 0 Å². The maximum absolute atomic E-state index is 12.1. The summed E-state index contributed by atoms with van der Waals surface area (Å²) in [4.78, 5) is 11.0. The highest BCUT2D eigenvalue weighted by Gasteiger charge is 2.31. The van der Waals surface area contributed by atoms with Crippen LogP contribution in [-0.4, -0.2) is 39.5 Å². The van der Waals surface area contributed by atoms with Gasteiger partial charge in [-0.1, -0.05) is 5.21 Å². The van der Waals surface area contributed by atoms with E-state index in [2.05, 4.69) is 15.0 Å². The van der Waals surface area contributed by atoms with Crippen molar-refractivity contribution in [1.82, 2.24) is 15.0 Å². The monoisotopic (exact) mass is 317 g/mol. The van der Waals surface area contributed by atoms with Gasteiger partial charge in [0, 0.05) is 7.11 Å². The van der Waals surface area contributed by atoms with Crippen molar-refractivity contribution in [2.45, 2.75) is 13.0 Å². The second kappa shape index (κ2) is 6.02. The third-order valence-corrected chi connectivity index (χ3v) is 2.56. The maximum atomic E-state index is 12.1. The van der Waals surface area contributed by atoms with E-state index < -0.39 is 18.1 Å². The molecule has 0 spiro atoms. The molecular formula is C12H10F3N3O4. The Bertz CT molecular complexity index is 667. The average molecular weight is 317 g/mol. The van der Waals surface area contributed by atoms with E-state index >= 15 is 0 Å². The summed E-state index contributed by atoms with van der Waals surface area (Å²) in [5, 5.41) is 16.2. The van der Waals surface area contributed by atoms with Crippen LogP contribution in [0.15, 0.2) is 24.3 Å². The van der Waals surface area contributed by atoms with Crippen LogP contribution in [0.25, 0.3) is 5.69 Å². The van der Waals surface area contributed by atoms with Gasteiger partial charge in [-0.25, -0.2) is 9.48 Å².